The maximum atomic E-state index is 6.06. The zero-order chi connectivity index (χ0) is 47.8. The molecule has 13 rings (SSSR count). The van der Waals surface area contributed by atoms with Crippen molar-refractivity contribution in [1.82, 2.24) is 9.55 Å². The van der Waals surface area contributed by atoms with Crippen LogP contribution in [-0.2, 0) is 0 Å². The molecule has 0 aliphatic carbocycles. The fourth-order valence-electron chi connectivity index (χ4n) is 10.1. The summed E-state index contributed by atoms with van der Waals surface area (Å²) in [5.74, 6) is 0.625. The molecule has 340 valence electrons. The minimum Gasteiger partial charge on any atom is -0.436 e. The Bertz CT molecular complexity index is 3690. The lowest BCUT2D eigenvalue weighted by atomic mass is 9.99. The molecule has 2 heterocycles. The van der Waals surface area contributed by atoms with E-state index in [4.69, 9.17) is 9.40 Å². The predicted molar refractivity (Wildman–Crippen MR) is 299 cm³/mol. The topological polar surface area (TPSA) is 37.4 Å². The van der Waals surface area contributed by atoms with Crippen molar-refractivity contribution in [3.05, 3.63) is 279 Å². The highest BCUT2D eigenvalue weighted by Gasteiger charge is 2.18. The molecule has 2 aromatic heterocycles. The van der Waals surface area contributed by atoms with Gasteiger partial charge in [-0.3, -0.25) is 0 Å². The monoisotopic (exact) mass is 922 g/mol. The summed E-state index contributed by atoms with van der Waals surface area (Å²) in [4.78, 5) is 9.31. The van der Waals surface area contributed by atoms with Crippen molar-refractivity contribution >= 4 is 67.0 Å². The Balaban J connectivity index is 0.880. The molecular formula is C67H46N4O. The molecule has 0 amide bonds. The molecule has 0 aliphatic rings. The van der Waals surface area contributed by atoms with Crippen LogP contribution in [0.5, 0.6) is 0 Å². The zero-order valence-electron chi connectivity index (χ0n) is 39.3. The SMILES string of the molecule is c1ccc(N(c2ccccc2)c2ccc(-c3ccc4c(c3)c3cc(-c5ccc(N(c6ccccc6)c6ccccc6)cc5)ccc3n4-c3ccc(-c4ccc(-c5nc6ccccc6o5)cc4)cc3)cc2)cc1. The summed E-state index contributed by atoms with van der Waals surface area (Å²) < 4.78 is 8.46. The molecule has 0 fully saturated rings. The molecule has 0 N–H and O–H groups in total. The summed E-state index contributed by atoms with van der Waals surface area (Å²) in [5.41, 5.74) is 19.5. The van der Waals surface area contributed by atoms with Crippen LogP contribution in [0.25, 0.3) is 83.4 Å². The van der Waals surface area contributed by atoms with Gasteiger partial charge in [0.2, 0.25) is 5.89 Å². The summed E-state index contributed by atoms with van der Waals surface area (Å²) in [5, 5.41) is 2.39. The minimum atomic E-state index is 0.625. The van der Waals surface area contributed by atoms with Crippen molar-refractivity contribution in [2.75, 3.05) is 9.80 Å². The van der Waals surface area contributed by atoms with Crippen LogP contribution in [0.3, 0.4) is 0 Å². The number of fused-ring (bicyclic) bond motifs is 4. The van der Waals surface area contributed by atoms with Gasteiger partial charge in [-0.1, -0.05) is 146 Å². The van der Waals surface area contributed by atoms with Crippen LogP contribution in [0.2, 0.25) is 0 Å². The van der Waals surface area contributed by atoms with E-state index < -0.39 is 0 Å². The Morgan fingerprint density at radius 1 is 0.292 bits per heavy atom. The van der Waals surface area contributed by atoms with Crippen LogP contribution >= 0.6 is 0 Å². The van der Waals surface area contributed by atoms with Gasteiger partial charge in [-0.25, -0.2) is 4.98 Å². The number of hydrogen-bond acceptors (Lipinski definition) is 4. The van der Waals surface area contributed by atoms with Gasteiger partial charge in [0, 0.05) is 56.1 Å². The van der Waals surface area contributed by atoms with E-state index in [-0.39, 0.29) is 0 Å². The highest BCUT2D eigenvalue weighted by Crippen LogP contribution is 2.41. The van der Waals surface area contributed by atoms with E-state index in [0.717, 1.165) is 101 Å². The number of aromatic nitrogens is 2. The first kappa shape index (κ1) is 42.4. The second kappa shape index (κ2) is 18.3. The van der Waals surface area contributed by atoms with Gasteiger partial charge in [0.15, 0.2) is 5.58 Å². The summed E-state index contributed by atoms with van der Waals surface area (Å²) in [6.07, 6.45) is 0. The van der Waals surface area contributed by atoms with Gasteiger partial charge >= 0.3 is 0 Å². The maximum Gasteiger partial charge on any atom is 0.227 e. The summed E-state index contributed by atoms with van der Waals surface area (Å²) in [7, 11) is 0. The quantitative estimate of drug-likeness (QED) is 0.130. The van der Waals surface area contributed by atoms with Crippen molar-refractivity contribution in [2.24, 2.45) is 0 Å². The lowest BCUT2D eigenvalue weighted by Crippen LogP contribution is -2.09. The molecule has 0 atom stereocenters. The lowest BCUT2D eigenvalue weighted by molar-refractivity contribution is 0.620. The smallest absolute Gasteiger partial charge is 0.227 e. The van der Waals surface area contributed by atoms with Crippen molar-refractivity contribution in [2.45, 2.75) is 0 Å². The molecule has 0 aliphatic heterocycles. The molecule has 5 nitrogen and oxygen atoms in total. The first-order chi connectivity index (χ1) is 35.7. The van der Waals surface area contributed by atoms with Gasteiger partial charge < -0.3 is 18.8 Å². The Labute approximate surface area is 418 Å². The van der Waals surface area contributed by atoms with Crippen LogP contribution in [0.4, 0.5) is 34.1 Å². The Hall–Kier alpha value is -9.71. The molecule has 0 unspecified atom stereocenters. The van der Waals surface area contributed by atoms with Crippen molar-refractivity contribution in [3.63, 3.8) is 0 Å². The number of nitrogens with zero attached hydrogens (tertiary/aromatic N) is 4. The van der Waals surface area contributed by atoms with Crippen molar-refractivity contribution < 1.29 is 4.42 Å². The second-order valence-electron chi connectivity index (χ2n) is 18.0. The van der Waals surface area contributed by atoms with Crippen LogP contribution in [0.1, 0.15) is 0 Å². The molecule has 0 spiro atoms. The van der Waals surface area contributed by atoms with E-state index >= 15 is 0 Å². The third-order valence-corrected chi connectivity index (χ3v) is 13.6. The molecule has 0 saturated carbocycles. The third-order valence-electron chi connectivity index (χ3n) is 13.6. The van der Waals surface area contributed by atoms with Gasteiger partial charge in [-0.05, 0) is 167 Å². The van der Waals surface area contributed by atoms with E-state index in [2.05, 4.69) is 269 Å². The van der Waals surface area contributed by atoms with Gasteiger partial charge in [0.1, 0.15) is 5.52 Å². The maximum absolute atomic E-state index is 6.06. The molecule has 5 heteroatoms. The van der Waals surface area contributed by atoms with E-state index in [1.165, 1.54) is 10.8 Å². The van der Waals surface area contributed by atoms with Gasteiger partial charge in [-0.15, -0.1) is 0 Å². The number of anilines is 6. The number of benzene rings is 11. The van der Waals surface area contributed by atoms with E-state index in [9.17, 15) is 0 Å². The highest BCUT2D eigenvalue weighted by atomic mass is 16.3. The lowest BCUT2D eigenvalue weighted by Gasteiger charge is -2.25. The predicted octanol–water partition coefficient (Wildman–Crippen LogP) is 18.5. The fraction of sp³-hybridized carbons (Fsp3) is 0. The second-order valence-corrected chi connectivity index (χ2v) is 18.0. The number of hydrogen-bond donors (Lipinski definition) is 0. The third kappa shape index (κ3) is 7.95. The molecule has 11 aromatic carbocycles. The zero-order valence-corrected chi connectivity index (χ0v) is 39.3. The average molecular weight is 923 g/mol. The van der Waals surface area contributed by atoms with E-state index in [0.29, 0.717) is 5.89 Å². The summed E-state index contributed by atoms with van der Waals surface area (Å²) >= 11 is 0. The molecule has 0 radical (unpaired) electrons. The number of rotatable bonds is 11. The van der Waals surface area contributed by atoms with Crippen molar-refractivity contribution in [3.8, 4) is 50.5 Å². The highest BCUT2D eigenvalue weighted by molar-refractivity contribution is 6.11. The summed E-state index contributed by atoms with van der Waals surface area (Å²) in [6.45, 7) is 0. The van der Waals surface area contributed by atoms with Gasteiger partial charge in [0.25, 0.3) is 0 Å². The average Bonchev–Trinajstić information content (AvgIpc) is 4.04. The standard InChI is InChI=1S/C67H46N4O/c1-5-15-54(16-6-1)69(55-17-7-2-8-18-55)58-37-31-49(32-38-58)52-35-43-64-61(45-52)62-46-53(50-33-39-59(40-34-50)70(56-19-9-3-10-20-56)57-21-11-4-12-22-57)36-44-65(62)71(64)60-41-29-48(30-42-60)47-25-27-51(28-26-47)67-68-63-23-13-14-24-66(63)72-67/h1-46H. The molecule has 72 heavy (non-hydrogen) atoms. The van der Waals surface area contributed by atoms with Crippen LogP contribution in [0.15, 0.2) is 283 Å². The molecule has 0 saturated heterocycles. The summed E-state index contributed by atoms with van der Waals surface area (Å²) in [6, 6.07) is 99.2. The Kier molecular flexibility index (Phi) is 10.8. The first-order valence-electron chi connectivity index (χ1n) is 24.3. The molecule has 0 bridgehead atoms. The number of oxazole rings is 1. The molecular weight excluding hydrogens is 877 g/mol. The largest absolute Gasteiger partial charge is 0.436 e. The van der Waals surface area contributed by atoms with Gasteiger partial charge in [0.05, 0.1) is 11.0 Å². The van der Waals surface area contributed by atoms with Crippen molar-refractivity contribution in [1.29, 1.82) is 0 Å². The molecule has 13 aromatic rings. The fourth-order valence-corrected chi connectivity index (χ4v) is 10.1. The van der Waals surface area contributed by atoms with Crippen LogP contribution in [-0.4, -0.2) is 9.55 Å². The number of para-hydroxylation sites is 6. The van der Waals surface area contributed by atoms with E-state index in [1.807, 2.05) is 24.3 Å². The minimum absolute atomic E-state index is 0.625. The van der Waals surface area contributed by atoms with E-state index in [1.54, 1.807) is 0 Å². The van der Waals surface area contributed by atoms with Crippen LogP contribution in [0, 0.1) is 0 Å². The Morgan fingerprint density at radius 2 is 0.625 bits per heavy atom. The van der Waals surface area contributed by atoms with Crippen LogP contribution < -0.4 is 9.80 Å². The first-order valence-corrected chi connectivity index (χ1v) is 24.3. The normalized spacial score (nSPS) is 11.3. The van der Waals surface area contributed by atoms with Gasteiger partial charge in [-0.2, -0.15) is 0 Å². The Morgan fingerprint density at radius 3 is 1.06 bits per heavy atom.